The van der Waals surface area contributed by atoms with E-state index in [0.717, 1.165) is 10.0 Å². The highest BCUT2D eigenvalue weighted by Crippen LogP contribution is 2.25. The molecule has 0 saturated carbocycles. The molecular formula is C22H30N2O4S. The fraction of sp³-hybridized carbons (Fsp3) is 0.409. The van der Waals surface area contributed by atoms with E-state index in [1.165, 1.54) is 44.0 Å². The molecule has 0 saturated heterocycles. The molecule has 158 valence electrons. The lowest BCUT2D eigenvalue weighted by Gasteiger charge is -2.23. The number of hydrogen-bond donors (Lipinski definition) is 1. The van der Waals surface area contributed by atoms with E-state index in [9.17, 15) is 13.2 Å². The van der Waals surface area contributed by atoms with Gasteiger partial charge in [0.25, 0.3) is 15.9 Å². The molecule has 6 nitrogen and oxygen atoms in total. The molecule has 0 aliphatic rings. The van der Waals surface area contributed by atoms with Crippen LogP contribution in [0.3, 0.4) is 0 Å². The zero-order valence-corrected chi connectivity index (χ0v) is 18.7. The number of hydroxylamine groups is 1. The van der Waals surface area contributed by atoms with Crippen LogP contribution in [0.2, 0.25) is 0 Å². The number of amides is 1. The van der Waals surface area contributed by atoms with Gasteiger partial charge in [-0.2, -0.15) is 0 Å². The summed E-state index contributed by atoms with van der Waals surface area (Å²) in [5, 5.41) is 3.07. The molecule has 29 heavy (non-hydrogen) atoms. The Labute approximate surface area is 173 Å². The zero-order valence-electron chi connectivity index (χ0n) is 17.8. The lowest BCUT2D eigenvalue weighted by molar-refractivity contribution is -0.0258. The van der Waals surface area contributed by atoms with Gasteiger partial charge < -0.3 is 5.32 Å². The first-order chi connectivity index (χ1) is 13.6. The van der Waals surface area contributed by atoms with E-state index < -0.39 is 10.0 Å². The maximum absolute atomic E-state index is 12.8. The summed E-state index contributed by atoms with van der Waals surface area (Å²) in [6, 6.07) is 14.0. The van der Waals surface area contributed by atoms with Gasteiger partial charge in [-0.3, -0.25) is 9.63 Å². The van der Waals surface area contributed by atoms with E-state index in [-0.39, 0.29) is 22.8 Å². The van der Waals surface area contributed by atoms with Crippen LogP contribution in [0.15, 0.2) is 53.4 Å². The van der Waals surface area contributed by atoms with Gasteiger partial charge in [-0.1, -0.05) is 56.4 Å². The first-order valence-corrected chi connectivity index (χ1v) is 11.1. The summed E-state index contributed by atoms with van der Waals surface area (Å²) in [5.74, 6) is 0.391. The molecule has 0 aliphatic carbocycles. The minimum absolute atomic E-state index is 0.0584. The molecule has 0 spiro atoms. The van der Waals surface area contributed by atoms with Crippen molar-refractivity contribution in [1.29, 1.82) is 0 Å². The van der Waals surface area contributed by atoms with Crippen LogP contribution in [-0.2, 0) is 14.9 Å². The van der Waals surface area contributed by atoms with E-state index >= 15 is 0 Å². The van der Waals surface area contributed by atoms with Gasteiger partial charge in [0.1, 0.15) is 0 Å². The summed E-state index contributed by atoms with van der Waals surface area (Å²) in [6.45, 7) is 8.39. The average Bonchev–Trinajstić information content (AvgIpc) is 2.71. The van der Waals surface area contributed by atoms with E-state index in [4.69, 9.17) is 4.84 Å². The minimum atomic E-state index is -3.74. The molecule has 2 rings (SSSR count). The fourth-order valence-corrected chi connectivity index (χ4v) is 3.95. The molecule has 7 heteroatoms. The number of sulfonamides is 1. The van der Waals surface area contributed by atoms with Crippen molar-refractivity contribution in [3.63, 3.8) is 0 Å². The predicted octanol–water partition coefficient (Wildman–Crippen LogP) is 4.12. The normalized spacial score (nSPS) is 13.1. The van der Waals surface area contributed by atoms with Gasteiger partial charge in [-0.15, -0.1) is 0 Å². The Hall–Kier alpha value is -2.22. The molecule has 1 N–H and O–H groups in total. The maximum atomic E-state index is 12.8. The smallest absolute Gasteiger partial charge is 0.264 e. The molecule has 2 aromatic carbocycles. The Balaban J connectivity index is 2.20. The third kappa shape index (κ3) is 5.44. The van der Waals surface area contributed by atoms with Crippen molar-refractivity contribution < 1.29 is 18.0 Å². The van der Waals surface area contributed by atoms with Crippen LogP contribution in [0.4, 0.5) is 0 Å². The van der Waals surface area contributed by atoms with Gasteiger partial charge in [0.2, 0.25) is 0 Å². The molecule has 1 unspecified atom stereocenters. The number of hydrogen-bond acceptors (Lipinski definition) is 4. The van der Waals surface area contributed by atoms with Crippen molar-refractivity contribution in [3.05, 3.63) is 65.2 Å². The van der Waals surface area contributed by atoms with Crippen molar-refractivity contribution in [1.82, 2.24) is 9.79 Å². The second-order valence-electron chi connectivity index (χ2n) is 7.64. The second kappa shape index (κ2) is 9.52. The molecule has 0 aromatic heterocycles. The van der Waals surface area contributed by atoms with E-state index in [1.54, 1.807) is 0 Å². The van der Waals surface area contributed by atoms with Gasteiger partial charge >= 0.3 is 0 Å². The SMILES string of the molecule is CON(C)S(=O)(=O)c1ccc(C(=O)NC(c2ccc(C(C)C)cc2)C(C)C)cc1. The quantitative estimate of drug-likeness (QED) is 0.655. The Morgan fingerprint density at radius 2 is 1.45 bits per heavy atom. The Bertz CT molecular complexity index is 920. The summed E-state index contributed by atoms with van der Waals surface area (Å²) in [6.07, 6.45) is 0. The summed E-state index contributed by atoms with van der Waals surface area (Å²) >= 11 is 0. The molecule has 1 atom stereocenters. The summed E-state index contributed by atoms with van der Waals surface area (Å²) in [5.41, 5.74) is 2.69. The number of benzene rings is 2. The van der Waals surface area contributed by atoms with Crippen molar-refractivity contribution in [2.75, 3.05) is 14.2 Å². The van der Waals surface area contributed by atoms with Crippen LogP contribution < -0.4 is 5.32 Å². The molecular weight excluding hydrogens is 388 g/mol. The third-order valence-electron chi connectivity index (χ3n) is 4.93. The van der Waals surface area contributed by atoms with Gasteiger partial charge in [0.15, 0.2) is 0 Å². The van der Waals surface area contributed by atoms with Crippen molar-refractivity contribution in [3.8, 4) is 0 Å². The lowest BCUT2D eigenvalue weighted by atomic mass is 9.93. The molecule has 0 fully saturated rings. The minimum Gasteiger partial charge on any atom is -0.345 e. The van der Waals surface area contributed by atoms with Crippen LogP contribution in [0, 0.1) is 5.92 Å². The molecule has 0 radical (unpaired) electrons. The lowest BCUT2D eigenvalue weighted by Crippen LogP contribution is -2.32. The zero-order chi connectivity index (χ0) is 21.8. The fourth-order valence-electron chi connectivity index (χ4n) is 2.97. The first kappa shape index (κ1) is 23.1. The number of rotatable bonds is 8. The first-order valence-electron chi connectivity index (χ1n) is 9.61. The topological polar surface area (TPSA) is 75.7 Å². The highest BCUT2D eigenvalue weighted by atomic mass is 32.2. The standard InChI is InChI=1S/C22H30N2O4S/c1-15(2)17-7-9-18(10-8-17)21(16(3)4)23-22(25)19-11-13-20(14-12-19)29(26,27)24(5)28-6/h7-16,21H,1-6H3,(H,23,25). The molecule has 0 aliphatic heterocycles. The number of nitrogens with one attached hydrogen (secondary N) is 1. The van der Waals surface area contributed by atoms with Crippen LogP contribution >= 0.6 is 0 Å². The predicted molar refractivity (Wildman–Crippen MR) is 114 cm³/mol. The maximum Gasteiger partial charge on any atom is 0.264 e. The average molecular weight is 419 g/mol. The number of nitrogens with zero attached hydrogens (tertiary/aromatic N) is 1. The monoisotopic (exact) mass is 418 g/mol. The van der Waals surface area contributed by atoms with Crippen molar-refractivity contribution in [2.24, 2.45) is 5.92 Å². The van der Waals surface area contributed by atoms with Gasteiger partial charge in [0, 0.05) is 12.6 Å². The number of carbonyl (C=O) groups excluding carboxylic acids is 1. The highest BCUT2D eigenvalue weighted by molar-refractivity contribution is 7.89. The Morgan fingerprint density at radius 1 is 0.931 bits per heavy atom. The van der Waals surface area contributed by atoms with E-state index in [1.807, 2.05) is 0 Å². The second-order valence-corrected chi connectivity index (χ2v) is 9.57. The third-order valence-corrected chi connectivity index (χ3v) is 6.62. The molecule has 2 aromatic rings. The van der Waals surface area contributed by atoms with Crippen molar-refractivity contribution >= 4 is 15.9 Å². The summed E-state index contributed by atoms with van der Waals surface area (Å²) in [4.78, 5) is 17.6. The summed E-state index contributed by atoms with van der Waals surface area (Å²) < 4.78 is 25.3. The number of carbonyl (C=O) groups is 1. The Kier molecular flexibility index (Phi) is 7.57. The van der Waals surface area contributed by atoms with E-state index in [0.29, 0.717) is 11.5 Å². The Morgan fingerprint density at radius 3 is 1.90 bits per heavy atom. The molecule has 1 amide bonds. The van der Waals surface area contributed by atoms with Gasteiger partial charge in [-0.25, -0.2) is 8.42 Å². The van der Waals surface area contributed by atoms with Crippen LogP contribution in [0.25, 0.3) is 0 Å². The van der Waals surface area contributed by atoms with E-state index in [2.05, 4.69) is 57.3 Å². The van der Waals surface area contributed by atoms with Crippen molar-refractivity contribution in [2.45, 2.75) is 44.6 Å². The van der Waals surface area contributed by atoms with Crippen LogP contribution in [0.1, 0.15) is 61.1 Å². The largest absolute Gasteiger partial charge is 0.345 e. The van der Waals surface area contributed by atoms with Crippen LogP contribution in [0.5, 0.6) is 0 Å². The summed E-state index contributed by atoms with van der Waals surface area (Å²) in [7, 11) is -1.15. The molecule has 0 heterocycles. The van der Waals surface area contributed by atoms with Crippen LogP contribution in [-0.4, -0.2) is 33.0 Å². The van der Waals surface area contributed by atoms with Gasteiger partial charge in [0.05, 0.1) is 18.0 Å². The highest BCUT2D eigenvalue weighted by Gasteiger charge is 2.22. The van der Waals surface area contributed by atoms with Gasteiger partial charge in [-0.05, 0) is 47.2 Å². The molecule has 0 bridgehead atoms.